The molecule has 4 nitrogen and oxygen atoms in total. The Hall–Kier alpha value is -2.90. The largest absolute Gasteiger partial charge is 0.311 e. The number of hydrogen-bond acceptors (Lipinski definition) is 3. The van der Waals surface area contributed by atoms with Crippen LogP contribution in [0.5, 0.6) is 0 Å². The Balaban J connectivity index is 1.56. The van der Waals surface area contributed by atoms with Gasteiger partial charge in [-0.15, -0.1) is 11.8 Å². The number of fused-ring (bicyclic) bond motifs is 2. The van der Waals surface area contributed by atoms with Crippen LogP contribution in [-0.2, 0) is 16.2 Å². The molecular weight excluding hydrogens is 454 g/mol. The van der Waals surface area contributed by atoms with Gasteiger partial charge >= 0.3 is 0 Å². The summed E-state index contributed by atoms with van der Waals surface area (Å²) in [5, 5.41) is 0.520. The van der Waals surface area contributed by atoms with E-state index in [2.05, 4.69) is 0 Å². The van der Waals surface area contributed by atoms with Gasteiger partial charge in [-0.1, -0.05) is 35.9 Å². The van der Waals surface area contributed by atoms with Crippen molar-refractivity contribution in [2.75, 3.05) is 17.2 Å². The smallest absolute Gasteiger partial charge is 0.268 e. The van der Waals surface area contributed by atoms with E-state index in [1.165, 1.54) is 17.8 Å². The molecule has 2 aliphatic rings. The van der Waals surface area contributed by atoms with E-state index in [4.69, 9.17) is 11.6 Å². The highest BCUT2D eigenvalue weighted by Crippen LogP contribution is 2.54. The van der Waals surface area contributed by atoms with Gasteiger partial charge < -0.3 is 9.80 Å². The number of anilines is 1. The summed E-state index contributed by atoms with van der Waals surface area (Å²) in [6.45, 7) is 0.476. The molecule has 1 spiro atoms. The van der Waals surface area contributed by atoms with Crippen molar-refractivity contribution < 1.29 is 18.4 Å². The number of carbonyl (C=O) groups is 2. The standard InChI is InChI=1S/C24H17ClF2N2O2S/c25-17-8-6-16(7-9-17)22(30)29-11-12-32-24(29)18-3-1-2-4-21(18)28(23(24)31)14-15-5-10-19(26)20(27)13-15/h1-10,13H,11-12,14H2/t24-/m0/s1. The topological polar surface area (TPSA) is 40.6 Å². The molecule has 2 amide bonds. The zero-order chi connectivity index (χ0) is 22.5. The molecule has 0 N–H and O–H groups in total. The van der Waals surface area contributed by atoms with Gasteiger partial charge in [0, 0.05) is 28.4 Å². The molecule has 5 rings (SSSR count). The molecule has 0 aromatic heterocycles. The molecule has 8 heteroatoms. The van der Waals surface area contributed by atoms with Crippen molar-refractivity contribution in [1.82, 2.24) is 4.90 Å². The Morgan fingerprint density at radius 1 is 1.03 bits per heavy atom. The van der Waals surface area contributed by atoms with Gasteiger partial charge in [-0.2, -0.15) is 0 Å². The Kier molecular flexibility index (Phi) is 5.18. The molecule has 1 fully saturated rings. The van der Waals surface area contributed by atoms with Gasteiger partial charge in [0.1, 0.15) is 0 Å². The van der Waals surface area contributed by atoms with Crippen LogP contribution in [0, 0.1) is 11.6 Å². The first-order chi connectivity index (χ1) is 15.4. The second kappa shape index (κ2) is 7.90. The molecule has 0 radical (unpaired) electrons. The summed E-state index contributed by atoms with van der Waals surface area (Å²) >= 11 is 7.37. The first-order valence-electron chi connectivity index (χ1n) is 9.99. The van der Waals surface area contributed by atoms with Crippen molar-refractivity contribution in [3.05, 3.63) is 100 Å². The lowest BCUT2D eigenvalue weighted by molar-refractivity contribution is -0.123. The second-order valence-corrected chi connectivity index (χ2v) is 9.34. The van der Waals surface area contributed by atoms with Gasteiger partial charge in [0.25, 0.3) is 11.8 Å². The van der Waals surface area contributed by atoms with Gasteiger partial charge in [-0.3, -0.25) is 9.59 Å². The summed E-state index contributed by atoms with van der Waals surface area (Å²) < 4.78 is 27.2. The fourth-order valence-corrected chi connectivity index (χ4v) is 5.88. The van der Waals surface area contributed by atoms with Gasteiger partial charge in [0.2, 0.25) is 0 Å². The Morgan fingerprint density at radius 3 is 2.53 bits per heavy atom. The molecule has 2 heterocycles. The molecule has 3 aromatic rings. The van der Waals surface area contributed by atoms with E-state index in [-0.39, 0.29) is 18.4 Å². The van der Waals surface area contributed by atoms with Crippen molar-refractivity contribution in [3.63, 3.8) is 0 Å². The quantitative estimate of drug-likeness (QED) is 0.528. The maximum atomic E-state index is 13.9. The molecule has 3 aromatic carbocycles. The van der Waals surface area contributed by atoms with E-state index >= 15 is 0 Å². The zero-order valence-corrected chi connectivity index (χ0v) is 18.3. The number of rotatable bonds is 3. The first kappa shape index (κ1) is 21.0. The summed E-state index contributed by atoms with van der Waals surface area (Å²) in [5.41, 5.74) is 2.28. The monoisotopic (exact) mass is 470 g/mol. The van der Waals surface area contributed by atoms with E-state index in [1.807, 2.05) is 24.3 Å². The van der Waals surface area contributed by atoms with Crippen LogP contribution in [0.25, 0.3) is 0 Å². The third-order valence-electron chi connectivity index (χ3n) is 5.76. The number of halogens is 3. The van der Waals surface area contributed by atoms with Crippen LogP contribution in [0.15, 0.2) is 66.7 Å². The highest BCUT2D eigenvalue weighted by molar-refractivity contribution is 8.01. The van der Waals surface area contributed by atoms with Crippen LogP contribution in [0.3, 0.4) is 0 Å². The number of amides is 2. The van der Waals surface area contributed by atoms with Gasteiger partial charge in [-0.05, 0) is 48.0 Å². The lowest BCUT2D eigenvalue weighted by Crippen LogP contribution is -2.50. The average molecular weight is 471 g/mol. The van der Waals surface area contributed by atoms with Crippen molar-refractivity contribution in [3.8, 4) is 0 Å². The molecule has 0 saturated carbocycles. The average Bonchev–Trinajstić information content (AvgIpc) is 3.34. The molecule has 1 saturated heterocycles. The van der Waals surface area contributed by atoms with E-state index in [1.54, 1.807) is 34.1 Å². The summed E-state index contributed by atoms with van der Waals surface area (Å²) in [7, 11) is 0. The highest BCUT2D eigenvalue weighted by atomic mass is 35.5. The SMILES string of the molecule is O=C(c1ccc(Cl)cc1)N1CCS[C@@]12C(=O)N(Cc1ccc(F)c(F)c1)c1ccccc12. The number of thioether (sulfide) groups is 1. The molecule has 2 aliphatic heterocycles. The van der Waals surface area contributed by atoms with Crippen LogP contribution in [0.4, 0.5) is 14.5 Å². The van der Waals surface area contributed by atoms with E-state index in [0.29, 0.717) is 34.1 Å². The minimum absolute atomic E-state index is 0.0678. The molecular formula is C24H17ClF2N2O2S. The lowest BCUT2D eigenvalue weighted by atomic mass is 10.0. The lowest BCUT2D eigenvalue weighted by Gasteiger charge is -2.33. The summed E-state index contributed by atoms with van der Waals surface area (Å²) in [5.74, 6) is -1.84. The molecule has 1 atom stereocenters. The minimum atomic E-state index is -1.20. The molecule has 0 unspecified atom stereocenters. The van der Waals surface area contributed by atoms with E-state index in [0.717, 1.165) is 17.7 Å². The van der Waals surface area contributed by atoms with Crippen LogP contribution >= 0.6 is 23.4 Å². The predicted molar refractivity (Wildman–Crippen MR) is 121 cm³/mol. The molecule has 0 aliphatic carbocycles. The van der Waals surface area contributed by atoms with Gasteiger partial charge in [0.05, 0.1) is 12.2 Å². The fourth-order valence-electron chi connectivity index (χ4n) is 4.29. The Labute approximate surface area is 192 Å². The van der Waals surface area contributed by atoms with Gasteiger partial charge in [0.15, 0.2) is 16.5 Å². The van der Waals surface area contributed by atoms with E-state index in [9.17, 15) is 18.4 Å². The number of nitrogens with zero attached hydrogens (tertiary/aromatic N) is 2. The maximum absolute atomic E-state index is 13.9. The third-order valence-corrected chi connectivity index (χ3v) is 7.43. The van der Waals surface area contributed by atoms with Crippen LogP contribution in [-0.4, -0.2) is 29.0 Å². The molecule has 162 valence electrons. The van der Waals surface area contributed by atoms with Crippen LogP contribution < -0.4 is 4.90 Å². The van der Waals surface area contributed by atoms with Gasteiger partial charge in [-0.25, -0.2) is 8.78 Å². The normalized spacial score (nSPS) is 19.7. The predicted octanol–water partition coefficient (Wildman–Crippen LogP) is 5.21. The van der Waals surface area contributed by atoms with E-state index < -0.39 is 16.5 Å². The summed E-state index contributed by atoms with van der Waals surface area (Å²) in [6.07, 6.45) is 0. The van der Waals surface area contributed by atoms with Crippen molar-refractivity contribution in [2.24, 2.45) is 0 Å². The highest BCUT2D eigenvalue weighted by Gasteiger charge is 2.59. The molecule has 0 bridgehead atoms. The number of carbonyl (C=O) groups excluding carboxylic acids is 2. The number of benzene rings is 3. The third kappa shape index (κ3) is 3.19. The number of hydrogen-bond donors (Lipinski definition) is 0. The van der Waals surface area contributed by atoms with Crippen molar-refractivity contribution in [2.45, 2.75) is 11.4 Å². The first-order valence-corrected chi connectivity index (χ1v) is 11.3. The maximum Gasteiger partial charge on any atom is 0.268 e. The Morgan fingerprint density at radius 2 is 1.78 bits per heavy atom. The van der Waals surface area contributed by atoms with Crippen LogP contribution in [0.1, 0.15) is 21.5 Å². The summed E-state index contributed by atoms with van der Waals surface area (Å²) in [4.78, 5) is 29.2. The second-order valence-electron chi connectivity index (χ2n) is 7.61. The van der Waals surface area contributed by atoms with Crippen LogP contribution in [0.2, 0.25) is 5.02 Å². The van der Waals surface area contributed by atoms with Crippen molar-refractivity contribution in [1.29, 1.82) is 0 Å². The number of para-hydroxylation sites is 1. The molecule has 32 heavy (non-hydrogen) atoms. The zero-order valence-electron chi connectivity index (χ0n) is 16.7. The summed E-state index contributed by atoms with van der Waals surface area (Å²) in [6, 6.07) is 17.5. The minimum Gasteiger partial charge on any atom is -0.311 e. The van der Waals surface area contributed by atoms with Crippen molar-refractivity contribution >= 4 is 40.9 Å². The Bertz CT molecular complexity index is 1240. The fraction of sp³-hybridized carbons (Fsp3) is 0.167.